The third-order valence-electron chi connectivity index (χ3n) is 2.60. The number of benzene rings is 1. The summed E-state index contributed by atoms with van der Waals surface area (Å²) in [5.74, 6) is 0.173. The molecule has 21 heavy (non-hydrogen) atoms. The zero-order valence-electron chi connectivity index (χ0n) is 11.7. The third-order valence-corrected chi connectivity index (χ3v) is 2.60. The Kier molecular flexibility index (Phi) is 4.24. The van der Waals surface area contributed by atoms with Crippen LogP contribution in [0.2, 0.25) is 0 Å². The van der Waals surface area contributed by atoms with E-state index in [0.717, 1.165) is 6.07 Å². The molecule has 1 aromatic carbocycles. The second kappa shape index (κ2) is 6.09. The van der Waals surface area contributed by atoms with Gasteiger partial charge in [-0.2, -0.15) is 10.2 Å². The van der Waals surface area contributed by atoms with E-state index in [-0.39, 0.29) is 17.4 Å². The van der Waals surface area contributed by atoms with Gasteiger partial charge in [-0.3, -0.25) is 0 Å². The second-order valence-electron chi connectivity index (χ2n) is 4.69. The Morgan fingerprint density at radius 2 is 2.10 bits per heavy atom. The molecule has 0 bridgehead atoms. The van der Waals surface area contributed by atoms with E-state index in [1.807, 2.05) is 19.9 Å². The number of hydrogen-bond acceptors (Lipinski definition) is 5. The van der Waals surface area contributed by atoms with Gasteiger partial charge in [-0.1, -0.05) is 0 Å². The first-order chi connectivity index (χ1) is 9.99. The van der Waals surface area contributed by atoms with Crippen LogP contribution in [0.3, 0.4) is 0 Å². The van der Waals surface area contributed by atoms with E-state index < -0.39 is 5.82 Å². The number of nitrogen functional groups attached to an aromatic ring is 1. The topological polar surface area (TPSA) is 84.0 Å². The highest BCUT2D eigenvalue weighted by Gasteiger charge is 2.09. The summed E-state index contributed by atoms with van der Waals surface area (Å²) in [6.07, 6.45) is -0.0679. The van der Waals surface area contributed by atoms with Gasteiger partial charge in [-0.15, -0.1) is 0 Å². The van der Waals surface area contributed by atoms with Gasteiger partial charge in [-0.05, 0) is 44.2 Å². The molecule has 2 rings (SSSR count). The quantitative estimate of drug-likeness (QED) is 0.901. The van der Waals surface area contributed by atoms with E-state index in [4.69, 9.17) is 15.7 Å². The monoisotopic (exact) mass is 286 g/mol. The molecule has 3 N–H and O–H groups in total. The number of rotatable bonds is 4. The summed E-state index contributed by atoms with van der Waals surface area (Å²) in [6.45, 7) is 3.73. The van der Waals surface area contributed by atoms with Crippen molar-refractivity contribution in [2.24, 2.45) is 0 Å². The lowest BCUT2D eigenvalue weighted by molar-refractivity contribution is 0.234. The van der Waals surface area contributed by atoms with Crippen LogP contribution < -0.4 is 15.8 Å². The van der Waals surface area contributed by atoms with Crippen LogP contribution in [0.15, 0.2) is 30.3 Å². The fourth-order valence-electron chi connectivity index (χ4n) is 1.66. The zero-order valence-corrected chi connectivity index (χ0v) is 11.7. The number of nitrogens with one attached hydrogen (secondary N) is 1. The summed E-state index contributed by atoms with van der Waals surface area (Å²) < 4.78 is 19.3. The van der Waals surface area contributed by atoms with E-state index >= 15 is 0 Å². The summed E-state index contributed by atoms with van der Waals surface area (Å²) in [5.41, 5.74) is 6.67. The van der Waals surface area contributed by atoms with Gasteiger partial charge in [0.1, 0.15) is 11.6 Å². The maximum atomic E-state index is 13.8. The molecule has 0 saturated carbocycles. The van der Waals surface area contributed by atoms with Crippen molar-refractivity contribution in [1.82, 2.24) is 4.98 Å². The molecular formula is C15H15FN4O. The molecule has 0 atom stereocenters. The fourth-order valence-corrected chi connectivity index (χ4v) is 1.66. The van der Waals surface area contributed by atoms with Crippen molar-refractivity contribution >= 4 is 17.2 Å². The highest BCUT2D eigenvalue weighted by molar-refractivity contribution is 5.61. The van der Waals surface area contributed by atoms with E-state index in [2.05, 4.69) is 10.3 Å². The normalized spacial score (nSPS) is 10.2. The summed E-state index contributed by atoms with van der Waals surface area (Å²) >= 11 is 0. The minimum Gasteiger partial charge on any atom is -0.473 e. The van der Waals surface area contributed by atoms with Gasteiger partial charge in [0.25, 0.3) is 0 Å². The molecule has 1 heterocycles. The number of nitrogens with zero attached hydrogens (tertiary/aromatic N) is 2. The molecule has 0 aliphatic carbocycles. The van der Waals surface area contributed by atoms with Crippen molar-refractivity contribution in [3.05, 3.63) is 41.7 Å². The van der Waals surface area contributed by atoms with Gasteiger partial charge in [-0.25, -0.2) is 4.39 Å². The molecule has 1 aromatic heterocycles. The average molecular weight is 286 g/mol. The molecule has 0 aliphatic heterocycles. The van der Waals surface area contributed by atoms with Gasteiger partial charge in [0.15, 0.2) is 0 Å². The standard InChI is InChI=1S/C15H15FN4O/c1-9(2)21-15-12(18)4-6-14(20-15)19-13-5-3-10(8-17)7-11(13)16/h3-7,9H,18H2,1-2H3,(H,19,20). The lowest BCUT2D eigenvalue weighted by atomic mass is 10.2. The smallest absolute Gasteiger partial charge is 0.239 e. The number of aromatic nitrogens is 1. The predicted octanol–water partition coefficient (Wildman–Crippen LogP) is 3.21. The zero-order chi connectivity index (χ0) is 15.4. The molecule has 0 radical (unpaired) electrons. The largest absolute Gasteiger partial charge is 0.473 e. The second-order valence-corrected chi connectivity index (χ2v) is 4.69. The van der Waals surface area contributed by atoms with Crippen LogP contribution in [-0.2, 0) is 0 Å². The van der Waals surface area contributed by atoms with Gasteiger partial charge in [0.05, 0.1) is 29.1 Å². The van der Waals surface area contributed by atoms with Crippen molar-refractivity contribution in [3.8, 4) is 11.9 Å². The van der Waals surface area contributed by atoms with Crippen LogP contribution in [0.25, 0.3) is 0 Å². The van der Waals surface area contributed by atoms with Crippen molar-refractivity contribution in [3.63, 3.8) is 0 Å². The Balaban J connectivity index is 2.26. The molecule has 108 valence electrons. The Morgan fingerprint density at radius 3 is 2.71 bits per heavy atom. The number of anilines is 3. The minimum absolute atomic E-state index is 0.0679. The van der Waals surface area contributed by atoms with Gasteiger partial charge >= 0.3 is 0 Å². The Labute approximate surface area is 122 Å². The average Bonchev–Trinajstić information content (AvgIpc) is 2.44. The Bertz CT molecular complexity index is 695. The summed E-state index contributed by atoms with van der Waals surface area (Å²) in [5, 5.41) is 11.5. The Hall–Kier alpha value is -2.81. The minimum atomic E-state index is -0.529. The summed E-state index contributed by atoms with van der Waals surface area (Å²) in [6, 6.07) is 9.30. The molecular weight excluding hydrogens is 271 g/mol. The van der Waals surface area contributed by atoms with Crippen LogP contribution in [-0.4, -0.2) is 11.1 Å². The first-order valence-corrected chi connectivity index (χ1v) is 6.39. The predicted molar refractivity (Wildman–Crippen MR) is 78.8 cm³/mol. The molecule has 6 heteroatoms. The van der Waals surface area contributed by atoms with E-state index in [9.17, 15) is 4.39 Å². The van der Waals surface area contributed by atoms with Crippen LogP contribution in [0, 0.1) is 17.1 Å². The number of hydrogen-bond donors (Lipinski definition) is 2. The van der Waals surface area contributed by atoms with E-state index in [1.165, 1.54) is 12.1 Å². The van der Waals surface area contributed by atoms with Crippen molar-refractivity contribution < 1.29 is 9.13 Å². The number of ether oxygens (including phenoxy) is 1. The van der Waals surface area contributed by atoms with Gasteiger partial charge < -0.3 is 15.8 Å². The van der Waals surface area contributed by atoms with Gasteiger partial charge in [0.2, 0.25) is 5.88 Å². The molecule has 0 fully saturated rings. The first kappa shape index (κ1) is 14.6. The lowest BCUT2D eigenvalue weighted by Crippen LogP contribution is -2.09. The Morgan fingerprint density at radius 1 is 1.33 bits per heavy atom. The fraction of sp³-hybridized carbons (Fsp3) is 0.200. The van der Waals surface area contributed by atoms with E-state index in [0.29, 0.717) is 17.4 Å². The molecule has 0 unspecified atom stereocenters. The maximum Gasteiger partial charge on any atom is 0.239 e. The van der Waals surface area contributed by atoms with Crippen LogP contribution in [0.4, 0.5) is 21.6 Å². The molecule has 0 spiro atoms. The van der Waals surface area contributed by atoms with Gasteiger partial charge in [0, 0.05) is 0 Å². The summed E-state index contributed by atoms with van der Waals surface area (Å²) in [4.78, 5) is 4.20. The van der Waals surface area contributed by atoms with Crippen molar-refractivity contribution in [2.45, 2.75) is 20.0 Å². The first-order valence-electron chi connectivity index (χ1n) is 6.39. The number of nitrogens with two attached hydrogens (primary N) is 1. The van der Waals surface area contributed by atoms with Crippen molar-refractivity contribution in [1.29, 1.82) is 5.26 Å². The van der Waals surface area contributed by atoms with E-state index in [1.54, 1.807) is 12.1 Å². The number of halogens is 1. The molecule has 0 amide bonds. The summed E-state index contributed by atoms with van der Waals surface area (Å²) in [7, 11) is 0. The number of pyridine rings is 1. The lowest BCUT2D eigenvalue weighted by Gasteiger charge is -2.13. The molecule has 0 saturated heterocycles. The third kappa shape index (κ3) is 3.60. The highest BCUT2D eigenvalue weighted by atomic mass is 19.1. The molecule has 2 aromatic rings. The molecule has 5 nitrogen and oxygen atoms in total. The highest BCUT2D eigenvalue weighted by Crippen LogP contribution is 2.25. The van der Waals surface area contributed by atoms with Crippen molar-refractivity contribution in [2.75, 3.05) is 11.1 Å². The van der Waals surface area contributed by atoms with Crippen LogP contribution >= 0.6 is 0 Å². The number of nitriles is 1. The van der Waals surface area contributed by atoms with Crippen LogP contribution in [0.5, 0.6) is 5.88 Å². The maximum absolute atomic E-state index is 13.8. The molecule has 0 aliphatic rings. The van der Waals surface area contributed by atoms with Crippen LogP contribution in [0.1, 0.15) is 19.4 Å². The SMILES string of the molecule is CC(C)Oc1nc(Nc2ccc(C#N)cc2F)ccc1N.